The molecule has 0 aliphatic carbocycles. The zero-order chi connectivity index (χ0) is 29.7. The average molecular weight is 610 g/mol. The number of aromatic nitrogens is 1. The molecule has 0 bridgehead atoms. The number of carbonyl (C=O) groups is 1. The van der Waals surface area contributed by atoms with Crippen molar-refractivity contribution in [1.82, 2.24) is 9.71 Å². The van der Waals surface area contributed by atoms with Gasteiger partial charge in [-0.25, -0.2) is 13.1 Å². The Bertz CT molecular complexity index is 1740. The molecule has 42 heavy (non-hydrogen) atoms. The lowest BCUT2D eigenvalue weighted by Gasteiger charge is -2.26. The molecule has 1 atom stereocenters. The van der Waals surface area contributed by atoms with E-state index in [2.05, 4.69) is 9.71 Å². The third-order valence-electron chi connectivity index (χ3n) is 6.61. The number of carbonyl (C=O) groups excluding carboxylic acids is 1. The van der Waals surface area contributed by atoms with Gasteiger partial charge in [0, 0.05) is 46.2 Å². The summed E-state index contributed by atoms with van der Waals surface area (Å²) in [6, 6.07) is 20.8. The molecule has 2 heterocycles. The van der Waals surface area contributed by atoms with E-state index < -0.39 is 15.9 Å². The molecular formula is C30H28ClN3O7S. The number of ether oxygens (including phenoxy) is 3. The van der Waals surface area contributed by atoms with Crippen molar-refractivity contribution in [2.75, 3.05) is 18.6 Å². The highest BCUT2D eigenvalue weighted by Gasteiger charge is 2.22. The van der Waals surface area contributed by atoms with Crippen LogP contribution >= 0.6 is 11.6 Å². The Morgan fingerprint density at radius 1 is 1.05 bits per heavy atom. The molecule has 2 N–H and O–H groups in total. The fraction of sp³-hybridized carbons (Fsp3) is 0.200. The first kappa shape index (κ1) is 29.2. The Hall–Kier alpha value is -4.32. The minimum atomic E-state index is -4.14. The Kier molecular flexibility index (Phi) is 8.81. The van der Waals surface area contributed by atoms with E-state index in [1.807, 2.05) is 11.0 Å². The molecule has 12 heteroatoms. The number of aromatic amines is 1. The summed E-state index contributed by atoms with van der Waals surface area (Å²) in [5.41, 5.74) is 1.71. The normalized spacial score (nSPS) is 14.8. The van der Waals surface area contributed by atoms with Crippen LogP contribution in [0, 0.1) is 0 Å². The molecule has 10 nitrogen and oxygen atoms in total. The van der Waals surface area contributed by atoms with Gasteiger partial charge in [-0.1, -0.05) is 23.7 Å². The van der Waals surface area contributed by atoms with Crippen molar-refractivity contribution in [3.05, 3.63) is 112 Å². The van der Waals surface area contributed by atoms with E-state index in [-0.39, 0.29) is 33.9 Å². The van der Waals surface area contributed by atoms with Gasteiger partial charge in [0.15, 0.2) is 17.8 Å². The molecule has 0 unspecified atom stereocenters. The van der Waals surface area contributed by atoms with Gasteiger partial charge in [-0.05, 0) is 67.1 Å². The number of sulfonamides is 1. The van der Waals surface area contributed by atoms with Crippen molar-refractivity contribution in [3.8, 4) is 11.5 Å². The Balaban J connectivity index is 1.45. The fourth-order valence-electron chi connectivity index (χ4n) is 4.46. The summed E-state index contributed by atoms with van der Waals surface area (Å²) in [7, 11) is -2.58. The third kappa shape index (κ3) is 6.76. The number of benzene rings is 3. The average Bonchev–Trinajstić information content (AvgIpc) is 3.50. The Labute approximate surface area is 247 Å². The first-order valence-corrected chi connectivity index (χ1v) is 14.9. The molecule has 1 amide bonds. The van der Waals surface area contributed by atoms with Crippen LogP contribution < -0.4 is 24.7 Å². The van der Waals surface area contributed by atoms with E-state index in [1.54, 1.807) is 49.7 Å². The molecule has 0 spiro atoms. The number of hydrogen-bond acceptors (Lipinski definition) is 8. The number of nitrogens with one attached hydrogen (secondary N) is 2. The van der Waals surface area contributed by atoms with Crippen molar-refractivity contribution < 1.29 is 27.4 Å². The summed E-state index contributed by atoms with van der Waals surface area (Å²) < 4.78 is 44.7. The topological polar surface area (TPSA) is 127 Å². The van der Waals surface area contributed by atoms with Crippen LogP contribution in [-0.2, 0) is 21.3 Å². The van der Waals surface area contributed by atoms with Gasteiger partial charge in [-0.2, -0.15) is 0 Å². The molecule has 1 aliphatic rings. The molecule has 1 saturated heterocycles. The van der Waals surface area contributed by atoms with Crippen molar-refractivity contribution in [1.29, 1.82) is 0 Å². The van der Waals surface area contributed by atoms with Crippen LogP contribution in [0.15, 0.2) is 94.7 Å². The molecular weight excluding hydrogens is 582 g/mol. The summed E-state index contributed by atoms with van der Waals surface area (Å²) in [5.74, 6) is 0.208. The Morgan fingerprint density at radius 2 is 1.83 bits per heavy atom. The van der Waals surface area contributed by atoms with E-state index >= 15 is 0 Å². The fourth-order valence-corrected chi connectivity index (χ4v) is 5.73. The first-order valence-electron chi connectivity index (χ1n) is 13.1. The second-order valence-electron chi connectivity index (χ2n) is 9.45. The van der Waals surface area contributed by atoms with Gasteiger partial charge in [-0.15, -0.1) is 0 Å². The number of halogens is 1. The van der Waals surface area contributed by atoms with Gasteiger partial charge in [0.05, 0.1) is 25.2 Å². The van der Waals surface area contributed by atoms with E-state index in [0.29, 0.717) is 35.0 Å². The largest absolute Gasteiger partial charge is 0.493 e. The molecule has 1 aromatic heterocycles. The quantitative estimate of drug-likeness (QED) is 0.257. The van der Waals surface area contributed by atoms with Crippen LogP contribution in [0.4, 0.5) is 11.4 Å². The monoisotopic (exact) mass is 609 g/mol. The number of amides is 1. The maximum Gasteiger partial charge on any atom is 0.264 e. The smallest absolute Gasteiger partial charge is 0.264 e. The minimum absolute atomic E-state index is 0.124. The highest BCUT2D eigenvalue weighted by molar-refractivity contribution is 7.90. The first-order chi connectivity index (χ1) is 20.2. The summed E-state index contributed by atoms with van der Waals surface area (Å²) in [4.78, 5) is 29.9. The molecule has 0 radical (unpaired) electrons. The molecule has 1 fully saturated rings. The van der Waals surface area contributed by atoms with Crippen LogP contribution in [0.1, 0.15) is 28.8 Å². The lowest BCUT2D eigenvalue weighted by atomic mass is 10.1. The Morgan fingerprint density at radius 3 is 2.52 bits per heavy atom. The van der Waals surface area contributed by atoms with Crippen LogP contribution in [0.3, 0.4) is 0 Å². The van der Waals surface area contributed by atoms with Crippen molar-refractivity contribution in [2.45, 2.75) is 30.6 Å². The lowest BCUT2D eigenvalue weighted by molar-refractivity contribution is -0.0402. The zero-order valence-corrected chi connectivity index (χ0v) is 24.2. The number of nitrogens with zero attached hydrogens (tertiary/aromatic N) is 1. The molecule has 3 aromatic carbocycles. The second kappa shape index (κ2) is 12.7. The summed E-state index contributed by atoms with van der Waals surface area (Å²) in [6.45, 7) is 0.812. The third-order valence-corrected chi connectivity index (χ3v) is 8.17. The van der Waals surface area contributed by atoms with Gasteiger partial charge in [0.1, 0.15) is 0 Å². The number of anilines is 2. The molecule has 5 rings (SSSR count). The number of methoxy groups -OCH3 is 1. The van der Waals surface area contributed by atoms with E-state index in [1.165, 1.54) is 36.4 Å². The van der Waals surface area contributed by atoms with Crippen LogP contribution in [0.2, 0.25) is 5.02 Å². The summed E-state index contributed by atoms with van der Waals surface area (Å²) >= 11 is 5.91. The van der Waals surface area contributed by atoms with Gasteiger partial charge >= 0.3 is 0 Å². The van der Waals surface area contributed by atoms with E-state index in [0.717, 1.165) is 12.8 Å². The maximum absolute atomic E-state index is 12.9. The van der Waals surface area contributed by atoms with Crippen LogP contribution in [0.25, 0.3) is 0 Å². The SMILES string of the molecule is COc1ccc(N(Cc2ccc[nH]c2=O)c2ccc(C(=O)NS(=O)(=O)c3cccc(Cl)c3)cc2)cc1O[C@@H]1CCCO1. The standard InChI is InChI=1S/C30H28ClN3O7S/c1-39-26-14-13-24(18-27(26)41-28-8-4-16-40-28)34(19-21-5-3-15-32-29(21)35)23-11-9-20(10-12-23)30(36)33-42(37,38)25-7-2-6-22(31)17-25/h2-3,5-7,9-15,17-18,28H,4,8,16,19H2,1H3,(H,32,35)(H,33,36)/t28-/m1/s1. The predicted octanol–water partition coefficient (Wildman–Crippen LogP) is 5.01. The number of H-pyrrole nitrogens is 1. The summed E-state index contributed by atoms with van der Waals surface area (Å²) in [6.07, 6.45) is 2.82. The molecule has 1 aliphatic heterocycles. The second-order valence-corrected chi connectivity index (χ2v) is 11.6. The van der Waals surface area contributed by atoms with Crippen molar-refractivity contribution in [3.63, 3.8) is 0 Å². The lowest BCUT2D eigenvalue weighted by Crippen LogP contribution is -2.30. The number of pyridine rings is 1. The molecule has 0 saturated carbocycles. The highest BCUT2D eigenvalue weighted by Crippen LogP contribution is 2.37. The number of hydrogen-bond donors (Lipinski definition) is 2. The van der Waals surface area contributed by atoms with Gasteiger partial charge in [-0.3, -0.25) is 9.59 Å². The highest BCUT2D eigenvalue weighted by atomic mass is 35.5. The van der Waals surface area contributed by atoms with E-state index in [4.69, 9.17) is 25.8 Å². The molecule has 218 valence electrons. The minimum Gasteiger partial charge on any atom is -0.493 e. The van der Waals surface area contributed by atoms with Crippen molar-refractivity contribution >= 4 is 38.9 Å². The maximum atomic E-state index is 12.9. The van der Waals surface area contributed by atoms with Crippen LogP contribution in [0.5, 0.6) is 11.5 Å². The predicted molar refractivity (Wildman–Crippen MR) is 158 cm³/mol. The molecule has 4 aromatic rings. The van der Waals surface area contributed by atoms with Gasteiger partial charge in [0.2, 0.25) is 0 Å². The summed E-state index contributed by atoms with van der Waals surface area (Å²) in [5, 5.41) is 0.231. The van der Waals surface area contributed by atoms with Gasteiger partial charge in [0.25, 0.3) is 21.5 Å². The number of rotatable bonds is 10. The zero-order valence-electron chi connectivity index (χ0n) is 22.6. The van der Waals surface area contributed by atoms with E-state index in [9.17, 15) is 18.0 Å². The van der Waals surface area contributed by atoms with Crippen molar-refractivity contribution in [2.24, 2.45) is 0 Å². The van der Waals surface area contributed by atoms with Gasteiger partial charge < -0.3 is 24.1 Å². The van der Waals surface area contributed by atoms with Crippen LogP contribution in [-0.4, -0.2) is 39.3 Å².